The Labute approximate surface area is 192 Å². The van der Waals surface area contributed by atoms with Crippen LogP contribution in [0.4, 0.5) is 0 Å². The Morgan fingerprint density at radius 1 is 1.39 bits per heavy atom. The van der Waals surface area contributed by atoms with Crippen LogP contribution in [0, 0.1) is 0 Å². The summed E-state index contributed by atoms with van der Waals surface area (Å²) in [5.41, 5.74) is 0.569. The van der Waals surface area contributed by atoms with Crippen molar-refractivity contribution in [2.75, 3.05) is 17.3 Å². The lowest BCUT2D eigenvalue weighted by molar-refractivity contribution is -0.150. The number of aliphatic carboxylic acids is 1. The molecule has 2 aromatic heterocycles. The Bertz CT molecular complexity index is 1060. The van der Waals surface area contributed by atoms with Gasteiger partial charge in [-0.1, -0.05) is 6.07 Å². The standard InChI is InChI=1S/C18H16N4O5S4/c23-11(9-31(27)13-2-1-5-28-13)21-14-16(24)22-15(18(25)26)10(8-30-17(14)22)7-29-12-6-19-3-4-20-12/h1-6,14,17H,7-9H2,(H,21,23)(H,25,26)/t14?,17-,31?/m0/s1. The fourth-order valence-electron chi connectivity index (χ4n) is 3.11. The third-order valence-electron chi connectivity index (χ3n) is 4.48. The molecule has 2 N–H and O–H groups in total. The van der Waals surface area contributed by atoms with E-state index in [1.54, 1.807) is 36.1 Å². The van der Waals surface area contributed by atoms with Gasteiger partial charge in [-0.3, -0.25) is 23.7 Å². The number of carbonyl (C=O) groups excluding carboxylic acids is 2. The van der Waals surface area contributed by atoms with Crippen molar-refractivity contribution in [3.05, 3.63) is 47.4 Å². The smallest absolute Gasteiger partial charge is 0.352 e. The fraction of sp³-hybridized carbons (Fsp3) is 0.278. The van der Waals surface area contributed by atoms with Crippen molar-refractivity contribution >= 4 is 63.4 Å². The van der Waals surface area contributed by atoms with E-state index in [1.807, 2.05) is 0 Å². The molecule has 0 radical (unpaired) electrons. The van der Waals surface area contributed by atoms with Crippen LogP contribution in [-0.4, -0.2) is 70.6 Å². The van der Waals surface area contributed by atoms with Crippen LogP contribution >= 0.6 is 34.9 Å². The normalized spacial score (nSPS) is 21.3. The molecule has 0 saturated carbocycles. The number of hydrogen-bond acceptors (Lipinski definition) is 9. The maximum absolute atomic E-state index is 12.7. The number of rotatable bonds is 8. The molecule has 0 aliphatic carbocycles. The number of carboxylic acids is 1. The Balaban J connectivity index is 1.41. The number of hydrogen-bond donors (Lipinski definition) is 2. The van der Waals surface area contributed by atoms with Gasteiger partial charge in [0.2, 0.25) is 5.91 Å². The number of nitrogens with zero attached hydrogens (tertiary/aromatic N) is 3. The van der Waals surface area contributed by atoms with Crippen molar-refractivity contribution in [2.24, 2.45) is 0 Å². The minimum Gasteiger partial charge on any atom is -0.477 e. The van der Waals surface area contributed by atoms with Gasteiger partial charge in [0.25, 0.3) is 5.91 Å². The van der Waals surface area contributed by atoms with Crippen LogP contribution in [0.3, 0.4) is 0 Å². The second kappa shape index (κ2) is 9.51. The average Bonchev–Trinajstić information content (AvgIpc) is 3.31. The van der Waals surface area contributed by atoms with Crippen LogP contribution in [0.1, 0.15) is 0 Å². The Morgan fingerprint density at radius 2 is 2.23 bits per heavy atom. The maximum atomic E-state index is 12.7. The maximum Gasteiger partial charge on any atom is 0.352 e. The molecule has 4 rings (SSSR count). The monoisotopic (exact) mass is 496 g/mol. The van der Waals surface area contributed by atoms with Gasteiger partial charge in [-0.25, -0.2) is 9.78 Å². The van der Waals surface area contributed by atoms with Gasteiger partial charge in [-0.15, -0.1) is 34.9 Å². The molecule has 1 saturated heterocycles. The van der Waals surface area contributed by atoms with Gasteiger partial charge < -0.3 is 10.4 Å². The third kappa shape index (κ3) is 4.68. The molecule has 31 heavy (non-hydrogen) atoms. The third-order valence-corrected chi connectivity index (χ3v) is 9.44. The number of fused-ring (bicyclic) bond motifs is 1. The molecule has 0 aromatic carbocycles. The summed E-state index contributed by atoms with van der Waals surface area (Å²) in [7, 11) is -1.48. The fourth-order valence-corrected chi connectivity index (χ4v) is 7.34. The Hall–Kier alpha value is -2.22. The first-order valence-corrected chi connectivity index (χ1v) is 13.2. The zero-order valence-electron chi connectivity index (χ0n) is 15.8. The Morgan fingerprint density at radius 3 is 2.90 bits per heavy atom. The lowest BCUT2D eigenvalue weighted by Gasteiger charge is -2.49. The van der Waals surface area contributed by atoms with E-state index in [0.717, 1.165) is 0 Å². The first kappa shape index (κ1) is 22.0. The van der Waals surface area contributed by atoms with Crippen LogP contribution in [-0.2, 0) is 25.2 Å². The van der Waals surface area contributed by atoms with E-state index in [1.165, 1.54) is 39.8 Å². The highest BCUT2D eigenvalue weighted by Crippen LogP contribution is 2.41. The summed E-state index contributed by atoms with van der Waals surface area (Å²) in [6.07, 6.45) is 4.69. The molecule has 3 atom stereocenters. The Kier molecular flexibility index (Phi) is 6.74. The largest absolute Gasteiger partial charge is 0.477 e. The van der Waals surface area contributed by atoms with Crippen molar-refractivity contribution in [3.63, 3.8) is 0 Å². The zero-order valence-corrected chi connectivity index (χ0v) is 19.1. The number of thiophene rings is 1. The van der Waals surface area contributed by atoms with Crippen molar-refractivity contribution in [3.8, 4) is 0 Å². The van der Waals surface area contributed by atoms with Crippen molar-refractivity contribution in [1.82, 2.24) is 20.2 Å². The first-order chi connectivity index (χ1) is 15.0. The molecule has 2 aromatic rings. The summed E-state index contributed by atoms with van der Waals surface area (Å²) in [6.45, 7) is 0. The van der Waals surface area contributed by atoms with E-state index in [9.17, 15) is 23.7 Å². The van der Waals surface area contributed by atoms with Gasteiger partial charge in [0.05, 0.1) is 21.2 Å². The van der Waals surface area contributed by atoms with Crippen LogP contribution < -0.4 is 5.32 Å². The van der Waals surface area contributed by atoms with Gasteiger partial charge in [0.1, 0.15) is 27.9 Å². The van der Waals surface area contributed by atoms with Crippen molar-refractivity contribution < 1.29 is 23.7 Å². The summed E-state index contributed by atoms with van der Waals surface area (Å²) >= 11 is 4.03. The topological polar surface area (TPSA) is 130 Å². The zero-order chi connectivity index (χ0) is 22.0. The molecule has 13 heteroatoms. The highest BCUT2D eigenvalue weighted by molar-refractivity contribution is 8.01. The quantitative estimate of drug-likeness (QED) is 0.409. The van der Waals surface area contributed by atoms with Gasteiger partial charge in [-0.2, -0.15) is 0 Å². The first-order valence-electron chi connectivity index (χ1n) is 8.95. The number of carboxylic acid groups (broad SMARTS) is 1. The molecule has 4 heterocycles. The number of nitrogens with one attached hydrogen (secondary N) is 1. The average molecular weight is 497 g/mol. The summed E-state index contributed by atoms with van der Waals surface area (Å²) in [4.78, 5) is 46.2. The molecular weight excluding hydrogens is 480 g/mol. The summed E-state index contributed by atoms with van der Waals surface area (Å²) in [6, 6.07) is 2.61. The van der Waals surface area contributed by atoms with Crippen LogP contribution in [0.5, 0.6) is 0 Å². The minimum atomic E-state index is -1.48. The van der Waals surface area contributed by atoms with E-state index < -0.39 is 40.0 Å². The highest BCUT2D eigenvalue weighted by atomic mass is 32.2. The van der Waals surface area contributed by atoms with Crippen LogP contribution in [0.15, 0.2) is 56.6 Å². The SMILES string of the molecule is O=C(CS(=O)c1cccs1)NC1C(=O)N2C(C(=O)O)=C(CSc3cnccn3)CS[C@@H]12. The molecule has 0 spiro atoms. The molecule has 2 unspecified atom stereocenters. The second-order valence-electron chi connectivity index (χ2n) is 6.47. The van der Waals surface area contributed by atoms with Crippen molar-refractivity contribution in [1.29, 1.82) is 0 Å². The van der Waals surface area contributed by atoms with Crippen molar-refractivity contribution in [2.45, 2.75) is 20.7 Å². The molecule has 162 valence electrons. The van der Waals surface area contributed by atoms with Gasteiger partial charge in [0, 0.05) is 23.9 Å². The van der Waals surface area contributed by atoms with Gasteiger partial charge in [-0.05, 0) is 17.0 Å². The molecule has 2 aliphatic rings. The number of β-lactam (4-membered cyclic amide) rings is 1. The number of carbonyl (C=O) groups is 3. The molecule has 9 nitrogen and oxygen atoms in total. The van der Waals surface area contributed by atoms with Gasteiger partial charge >= 0.3 is 5.97 Å². The number of aromatic nitrogens is 2. The predicted octanol–water partition coefficient (Wildman–Crippen LogP) is 1.18. The highest BCUT2D eigenvalue weighted by Gasteiger charge is 2.54. The van der Waals surface area contributed by atoms with Crippen LogP contribution in [0.2, 0.25) is 0 Å². The summed E-state index contributed by atoms with van der Waals surface area (Å²) in [5, 5.41) is 14.3. The molecule has 0 bridgehead atoms. The van der Waals surface area contributed by atoms with Gasteiger partial charge in [0.15, 0.2) is 0 Å². The number of amides is 2. The molecular formula is C18H16N4O5S4. The lowest BCUT2D eigenvalue weighted by atomic mass is 10.0. The lowest BCUT2D eigenvalue weighted by Crippen LogP contribution is -2.70. The van der Waals surface area contributed by atoms with E-state index in [0.29, 0.717) is 26.3 Å². The van der Waals surface area contributed by atoms with E-state index in [2.05, 4.69) is 15.3 Å². The minimum absolute atomic E-state index is 0.0437. The summed E-state index contributed by atoms with van der Waals surface area (Å²) in [5.74, 6) is -1.64. The van der Waals surface area contributed by atoms with E-state index in [-0.39, 0.29) is 11.4 Å². The summed E-state index contributed by atoms with van der Waals surface area (Å²) < 4.78 is 12.8. The number of thioether (sulfide) groups is 2. The molecule has 1 fully saturated rings. The second-order valence-corrected chi connectivity index (χ2v) is 11.2. The van der Waals surface area contributed by atoms with E-state index in [4.69, 9.17) is 0 Å². The molecule has 2 aliphatic heterocycles. The van der Waals surface area contributed by atoms with Crippen LogP contribution in [0.25, 0.3) is 0 Å². The predicted molar refractivity (Wildman–Crippen MR) is 118 cm³/mol. The molecule has 2 amide bonds. The van der Waals surface area contributed by atoms with E-state index >= 15 is 0 Å².